The minimum absolute atomic E-state index is 0.0838. The molecule has 0 aliphatic heterocycles. The van der Waals surface area contributed by atoms with Gasteiger partial charge in [-0.1, -0.05) is 6.07 Å². The molecule has 0 aliphatic carbocycles. The van der Waals surface area contributed by atoms with Gasteiger partial charge >= 0.3 is 0 Å². The fraction of sp³-hybridized carbons (Fsp3) is 0.333. The molecular formula is C12H14O2. The van der Waals surface area contributed by atoms with Gasteiger partial charge in [0.25, 0.3) is 0 Å². The fourth-order valence-corrected chi connectivity index (χ4v) is 1.77. The molecule has 0 atom stereocenters. The first-order chi connectivity index (χ1) is 6.63. The lowest BCUT2D eigenvalue weighted by Gasteiger charge is -1.99. The summed E-state index contributed by atoms with van der Waals surface area (Å²) in [5.74, 6) is 0.957. The molecule has 1 heterocycles. The Bertz CT molecular complexity index is 481. The molecule has 2 heteroatoms. The molecule has 74 valence electrons. The van der Waals surface area contributed by atoms with Crippen LogP contribution in [0.3, 0.4) is 0 Å². The first kappa shape index (κ1) is 9.28. The Morgan fingerprint density at radius 1 is 1.21 bits per heavy atom. The fourth-order valence-electron chi connectivity index (χ4n) is 1.77. The summed E-state index contributed by atoms with van der Waals surface area (Å²) in [5.41, 5.74) is 4.14. The van der Waals surface area contributed by atoms with Crippen LogP contribution in [0.25, 0.3) is 11.0 Å². The van der Waals surface area contributed by atoms with Crippen molar-refractivity contribution in [2.45, 2.75) is 27.4 Å². The van der Waals surface area contributed by atoms with Crippen molar-refractivity contribution in [1.29, 1.82) is 0 Å². The van der Waals surface area contributed by atoms with E-state index in [0.29, 0.717) is 0 Å². The Kier molecular flexibility index (Phi) is 2.08. The smallest absolute Gasteiger partial charge is 0.137 e. The van der Waals surface area contributed by atoms with E-state index in [1.54, 1.807) is 0 Å². The van der Waals surface area contributed by atoms with E-state index >= 15 is 0 Å². The Morgan fingerprint density at radius 2 is 1.93 bits per heavy atom. The highest BCUT2D eigenvalue weighted by molar-refractivity contribution is 5.85. The molecule has 0 fully saturated rings. The number of fused-ring (bicyclic) bond motifs is 1. The standard InChI is InChI=1S/C12H14O2/c1-7-4-10(6-13)5-11-8(2)9(3)14-12(7)11/h4-5,13H,6H2,1-3H3. The maximum Gasteiger partial charge on any atom is 0.137 e. The second-order valence-electron chi connectivity index (χ2n) is 3.73. The number of rotatable bonds is 1. The quantitative estimate of drug-likeness (QED) is 0.750. The zero-order valence-electron chi connectivity index (χ0n) is 8.72. The predicted octanol–water partition coefficient (Wildman–Crippen LogP) is 2.85. The number of aryl methyl sites for hydroxylation is 3. The zero-order chi connectivity index (χ0) is 10.3. The molecular weight excluding hydrogens is 176 g/mol. The average molecular weight is 190 g/mol. The first-order valence-electron chi connectivity index (χ1n) is 4.73. The van der Waals surface area contributed by atoms with Crippen molar-refractivity contribution in [1.82, 2.24) is 0 Å². The van der Waals surface area contributed by atoms with Crippen LogP contribution >= 0.6 is 0 Å². The van der Waals surface area contributed by atoms with Gasteiger partial charge < -0.3 is 9.52 Å². The largest absolute Gasteiger partial charge is 0.461 e. The molecule has 2 rings (SSSR count). The topological polar surface area (TPSA) is 33.4 Å². The maximum atomic E-state index is 9.09. The molecule has 0 saturated carbocycles. The van der Waals surface area contributed by atoms with Crippen molar-refractivity contribution in [2.24, 2.45) is 0 Å². The van der Waals surface area contributed by atoms with Crippen molar-refractivity contribution in [3.8, 4) is 0 Å². The Hall–Kier alpha value is -1.28. The number of aliphatic hydroxyl groups excluding tert-OH is 1. The number of hydrogen-bond donors (Lipinski definition) is 1. The van der Waals surface area contributed by atoms with E-state index in [1.165, 1.54) is 5.56 Å². The van der Waals surface area contributed by atoms with E-state index in [-0.39, 0.29) is 6.61 Å². The van der Waals surface area contributed by atoms with Gasteiger partial charge in [-0.05, 0) is 43.5 Å². The summed E-state index contributed by atoms with van der Waals surface area (Å²) in [6.45, 7) is 6.10. The molecule has 0 aliphatic rings. The lowest BCUT2D eigenvalue weighted by molar-refractivity contribution is 0.282. The van der Waals surface area contributed by atoms with Crippen molar-refractivity contribution < 1.29 is 9.52 Å². The number of aliphatic hydroxyl groups is 1. The number of hydrogen-bond acceptors (Lipinski definition) is 2. The third-order valence-electron chi connectivity index (χ3n) is 2.70. The molecule has 0 amide bonds. The van der Waals surface area contributed by atoms with E-state index in [4.69, 9.17) is 9.52 Å². The van der Waals surface area contributed by atoms with Crippen molar-refractivity contribution in [3.63, 3.8) is 0 Å². The van der Waals surface area contributed by atoms with Gasteiger partial charge in [0.1, 0.15) is 11.3 Å². The Labute approximate surface area is 83.2 Å². The summed E-state index contributed by atoms with van der Waals surface area (Å²) >= 11 is 0. The van der Waals surface area contributed by atoms with Gasteiger partial charge in [0.15, 0.2) is 0 Å². The van der Waals surface area contributed by atoms with Gasteiger partial charge in [0, 0.05) is 5.39 Å². The van der Waals surface area contributed by atoms with E-state index < -0.39 is 0 Å². The van der Waals surface area contributed by atoms with Crippen LogP contribution in [0.2, 0.25) is 0 Å². The SMILES string of the molecule is Cc1oc2c(C)cc(CO)cc2c1C. The van der Waals surface area contributed by atoms with Crippen LogP contribution < -0.4 is 0 Å². The average Bonchev–Trinajstić information content (AvgIpc) is 2.45. The van der Waals surface area contributed by atoms with E-state index in [1.807, 2.05) is 32.9 Å². The molecule has 1 aromatic carbocycles. The summed E-state index contributed by atoms with van der Waals surface area (Å²) in [6, 6.07) is 3.96. The van der Waals surface area contributed by atoms with Gasteiger partial charge in [-0.15, -0.1) is 0 Å². The van der Waals surface area contributed by atoms with Crippen LogP contribution in [-0.2, 0) is 6.61 Å². The molecule has 0 unspecified atom stereocenters. The Balaban J connectivity index is 2.83. The lowest BCUT2D eigenvalue weighted by Crippen LogP contribution is -1.85. The van der Waals surface area contributed by atoms with Gasteiger partial charge in [0.2, 0.25) is 0 Å². The second kappa shape index (κ2) is 3.14. The molecule has 0 bridgehead atoms. The summed E-state index contributed by atoms with van der Waals surface area (Å²) in [6.07, 6.45) is 0. The van der Waals surface area contributed by atoms with Gasteiger partial charge in [-0.2, -0.15) is 0 Å². The minimum atomic E-state index is 0.0838. The zero-order valence-corrected chi connectivity index (χ0v) is 8.72. The van der Waals surface area contributed by atoms with Gasteiger partial charge in [-0.3, -0.25) is 0 Å². The molecule has 14 heavy (non-hydrogen) atoms. The number of furan rings is 1. The highest BCUT2D eigenvalue weighted by atomic mass is 16.3. The Morgan fingerprint density at radius 3 is 2.57 bits per heavy atom. The van der Waals surface area contributed by atoms with Crippen LogP contribution in [0.1, 0.15) is 22.5 Å². The predicted molar refractivity (Wildman–Crippen MR) is 56.3 cm³/mol. The first-order valence-corrected chi connectivity index (χ1v) is 4.73. The van der Waals surface area contributed by atoms with Gasteiger partial charge in [-0.25, -0.2) is 0 Å². The van der Waals surface area contributed by atoms with Crippen molar-refractivity contribution >= 4 is 11.0 Å². The monoisotopic (exact) mass is 190 g/mol. The molecule has 1 N–H and O–H groups in total. The molecule has 0 radical (unpaired) electrons. The summed E-state index contributed by atoms with van der Waals surface area (Å²) in [4.78, 5) is 0. The van der Waals surface area contributed by atoms with E-state index in [2.05, 4.69) is 0 Å². The van der Waals surface area contributed by atoms with E-state index in [9.17, 15) is 0 Å². The van der Waals surface area contributed by atoms with Crippen molar-refractivity contribution in [3.05, 3.63) is 34.6 Å². The molecule has 1 aromatic heterocycles. The third kappa shape index (κ3) is 1.23. The molecule has 2 aromatic rings. The summed E-state index contributed by atoms with van der Waals surface area (Å²) in [5, 5.41) is 10.2. The highest BCUT2D eigenvalue weighted by Gasteiger charge is 2.09. The molecule has 0 saturated heterocycles. The van der Waals surface area contributed by atoms with Crippen LogP contribution in [-0.4, -0.2) is 5.11 Å². The minimum Gasteiger partial charge on any atom is -0.461 e. The maximum absolute atomic E-state index is 9.09. The summed E-state index contributed by atoms with van der Waals surface area (Å²) in [7, 11) is 0. The lowest BCUT2D eigenvalue weighted by atomic mass is 10.1. The normalized spacial score (nSPS) is 11.1. The van der Waals surface area contributed by atoms with Crippen LogP contribution in [0.4, 0.5) is 0 Å². The molecule has 2 nitrogen and oxygen atoms in total. The third-order valence-corrected chi connectivity index (χ3v) is 2.70. The highest BCUT2D eigenvalue weighted by Crippen LogP contribution is 2.28. The van der Waals surface area contributed by atoms with E-state index in [0.717, 1.165) is 27.9 Å². The van der Waals surface area contributed by atoms with Crippen LogP contribution in [0.15, 0.2) is 16.5 Å². The van der Waals surface area contributed by atoms with Crippen LogP contribution in [0, 0.1) is 20.8 Å². The second-order valence-corrected chi connectivity index (χ2v) is 3.73. The molecule has 0 spiro atoms. The van der Waals surface area contributed by atoms with Gasteiger partial charge in [0.05, 0.1) is 6.61 Å². The number of benzene rings is 1. The van der Waals surface area contributed by atoms with Crippen molar-refractivity contribution in [2.75, 3.05) is 0 Å². The summed E-state index contributed by atoms with van der Waals surface area (Å²) < 4.78 is 5.65. The van der Waals surface area contributed by atoms with Crippen LogP contribution in [0.5, 0.6) is 0 Å².